The first kappa shape index (κ1) is 28.4. The van der Waals surface area contributed by atoms with Gasteiger partial charge in [-0.1, -0.05) is 106 Å². The molecule has 3 nitrogen and oxygen atoms in total. The molecule has 0 N–H and O–H groups in total. The first-order valence-electron chi connectivity index (χ1n) is 13.3. The van der Waals surface area contributed by atoms with Crippen LogP contribution in [-0.2, 0) is 0 Å². The van der Waals surface area contributed by atoms with E-state index in [1.54, 1.807) is 0 Å². The molecule has 0 radical (unpaired) electrons. The molecule has 0 aromatic heterocycles. The molecule has 4 heteroatoms. The quantitative estimate of drug-likeness (QED) is 0.103. The number of Topliss-reactive ketones (excluding diaryl/α,β-unsaturated/α-hetero) is 1. The van der Waals surface area contributed by atoms with E-state index in [-0.39, 0.29) is 10.6 Å². The number of rotatable bonds is 19. The zero-order chi connectivity index (χ0) is 24.4. The number of hydrogen-bond donors (Lipinski definition) is 0. The van der Waals surface area contributed by atoms with E-state index in [9.17, 15) is 4.79 Å². The van der Waals surface area contributed by atoms with Crippen LogP contribution in [0.15, 0.2) is 48.5 Å². The van der Waals surface area contributed by atoms with Gasteiger partial charge in [-0.15, -0.1) is 0 Å². The van der Waals surface area contributed by atoms with Gasteiger partial charge in [0.2, 0.25) is 0 Å². The summed E-state index contributed by atoms with van der Waals surface area (Å²) in [6.07, 6.45) is 15.0. The number of carbonyl (C=O) groups is 1. The first-order chi connectivity index (χ1) is 16.7. The van der Waals surface area contributed by atoms with Crippen molar-refractivity contribution in [1.29, 1.82) is 0 Å². The lowest BCUT2D eigenvalue weighted by Crippen LogP contribution is -2.07. The summed E-state index contributed by atoms with van der Waals surface area (Å²) in [6.45, 7) is 5.95. The van der Waals surface area contributed by atoms with Crippen LogP contribution in [0.4, 0.5) is 0 Å². The molecule has 0 aliphatic carbocycles. The van der Waals surface area contributed by atoms with E-state index < -0.39 is 0 Å². The van der Waals surface area contributed by atoms with Crippen LogP contribution < -0.4 is 9.47 Å². The molecular weight excluding hydrogens is 488 g/mol. The number of benzene rings is 2. The van der Waals surface area contributed by atoms with Gasteiger partial charge in [0, 0.05) is 5.56 Å². The van der Waals surface area contributed by atoms with Crippen molar-refractivity contribution in [3.05, 3.63) is 59.7 Å². The zero-order valence-electron chi connectivity index (χ0n) is 21.2. The van der Waals surface area contributed by atoms with E-state index in [1.165, 1.54) is 64.2 Å². The van der Waals surface area contributed by atoms with Crippen molar-refractivity contribution < 1.29 is 14.3 Å². The molecule has 0 saturated heterocycles. The third-order valence-electron chi connectivity index (χ3n) is 6.08. The minimum Gasteiger partial charge on any atom is -0.494 e. The van der Waals surface area contributed by atoms with Gasteiger partial charge in [0.15, 0.2) is 5.78 Å². The largest absolute Gasteiger partial charge is 0.494 e. The minimum absolute atomic E-state index is 0.0446. The summed E-state index contributed by atoms with van der Waals surface area (Å²) in [6, 6.07) is 15.3. The standard InChI is InChI=1S/C30H43BrO3/c1-3-5-7-9-11-13-23-33-27-19-15-25(16-20-27)29(31)30(32)26-17-21-28(22-18-26)34-24-14-12-10-8-6-4-2/h15-22,29H,3-14,23-24H2,1-2H3. The fraction of sp³-hybridized carbons (Fsp3) is 0.567. The predicted molar refractivity (Wildman–Crippen MR) is 147 cm³/mol. The highest BCUT2D eigenvalue weighted by molar-refractivity contribution is 9.09. The number of halogens is 1. The zero-order valence-corrected chi connectivity index (χ0v) is 22.8. The Morgan fingerprint density at radius 1 is 0.647 bits per heavy atom. The van der Waals surface area contributed by atoms with Crippen molar-refractivity contribution in [3.63, 3.8) is 0 Å². The molecule has 2 rings (SSSR count). The van der Waals surface area contributed by atoms with Crippen LogP contribution in [0.2, 0.25) is 0 Å². The SMILES string of the molecule is CCCCCCCCOc1ccc(C(=O)C(Br)c2ccc(OCCCCCCCC)cc2)cc1. The smallest absolute Gasteiger partial charge is 0.180 e. The number of ether oxygens (including phenoxy) is 2. The number of carbonyl (C=O) groups excluding carboxylic acids is 1. The Kier molecular flexibility index (Phi) is 14.7. The van der Waals surface area contributed by atoms with Gasteiger partial charge in [0.25, 0.3) is 0 Å². The topological polar surface area (TPSA) is 35.5 Å². The lowest BCUT2D eigenvalue weighted by Gasteiger charge is -2.12. The van der Waals surface area contributed by atoms with Crippen LogP contribution in [0.1, 0.15) is 112 Å². The average molecular weight is 532 g/mol. The third kappa shape index (κ3) is 11.1. The summed E-state index contributed by atoms with van der Waals surface area (Å²) in [4.78, 5) is 12.5. The van der Waals surface area contributed by atoms with Crippen LogP contribution >= 0.6 is 15.9 Å². The summed E-state index contributed by atoms with van der Waals surface area (Å²) in [7, 11) is 0. The molecule has 34 heavy (non-hydrogen) atoms. The Hall–Kier alpha value is -1.81. The minimum atomic E-state index is -0.380. The van der Waals surface area contributed by atoms with Crippen LogP contribution in [0.25, 0.3) is 0 Å². The fourth-order valence-electron chi connectivity index (χ4n) is 3.89. The highest BCUT2D eigenvalue weighted by Crippen LogP contribution is 2.29. The molecule has 2 aromatic carbocycles. The number of unbranched alkanes of at least 4 members (excludes halogenated alkanes) is 10. The molecule has 2 aromatic rings. The lowest BCUT2D eigenvalue weighted by molar-refractivity contribution is 0.0991. The van der Waals surface area contributed by atoms with Crippen molar-refractivity contribution >= 4 is 21.7 Å². The molecular formula is C30H43BrO3. The van der Waals surface area contributed by atoms with Crippen LogP contribution in [0.5, 0.6) is 11.5 Å². The summed E-state index contributed by atoms with van der Waals surface area (Å²) < 4.78 is 11.7. The molecule has 1 unspecified atom stereocenters. The van der Waals surface area contributed by atoms with Crippen LogP contribution in [0, 0.1) is 0 Å². The molecule has 0 spiro atoms. The van der Waals surface area contributed by atoms with Gasteiger partial charge in [-0.2, -0.15) is 0 Å². The van der Waals surface area contributed by atoms with Crippen molar-refractivity contribution in [2.75, 3.05) is 13.2 Å². The maximum atomic E-state index is 12.9. The maximum Gasteiger partial charge on any atom is 0.180 e. The van der Waals surface area contributed by atoms with Crippen molar-refractivity contribution in [3.8, 4) is 11.5 Å². The van der Waals surface area contributed by atoms with E-state index in [0.717, 1.165) is 43.1 Å². The maximum absolute atomic E-state index is 12.9. The second-order valence-electron chi connectivity index (χ2n) is 9.05. The molecule has 0 heterocycles. The fourth-order valence-corrected chi connectivity index (χ4v) is 4.46. The monoisotopic (exact) mass is 530 g/mol. The second-order valence-corrected chi connectivity index (χ2v) is 9.97. The molecule has 0 fully saturated rings. The van der Waals surface area contributed by atoms with Gasteiger partial charge >= 0.3 is 0 Å². The number of hydrogen-bond acceptors (Lipinski definition) is 3. The van der Waals surface area contributed by atoms with Crippen molar-refractivity contribution in [1.82, 2.24) is 0 Å². The van der Waals surface area contributed by atoms with Gasteiger partial charge < -0.3 is 9.47 Å². The van der Waals surface area contributed by atoms with Crippen molar-refractivity contribution in [2.45, 2.75) is 95.7 Å². The van der Waals surface area contributed by atoms with E-state index in [1.807, 2.05) is 48.5 Å². The van der Waals surface area contributed by atoms with Crippen molar-refractivity contribution in [2.24, 2.45) is 0 Å². The predicted octanol–water partition coefficient (Wildman–Crippen LogP) is 9.48. The van der Waals surface area contributed by atoms with Gasteiger partial charge in [-0.05, 0) is 54.8 Å². The summed E-state index contributed by atoms with van der Waals surface area (Å²) in [5, 5.41) is 0. The molecule has 0 amide bonds. The lowest BCUT2D eigenvalue weighted by atomic mass is 10.0. The Bertz CT molecular complexity index is 786. The van der Waals surface area contributed by atoms with Gasteiger partial charge in [-0.3, -0.25) is 4.79 Å². The Morgan fingerprint density at radius 3 is 1.53 bits per heavy atom. The summed E-state index contributed by atoms with van der Waals surface area (Å²) >= 11 is 3.58. The Balaban J connectivity index is 1.72. The van der Waals surface area contributed by atoms with E-state index in [2.05, 4.69) is 29.8 Å². The average Bonchev–Trinajstić information content (AvgIpc) is 2.87. The molecule has 0 aliphatic rings. The molecule has 0 saturated carbocycles. The molecule has 0 aliphatic heterocycles. The van der Waals surface area contributed by atoms with Crippen LogP contribution in [-0.4, -0.2) is 19.0 Å². The first-order valence-corrected chi connectivity index (χ1v) is 14.2. The molecule has 188 valence electrons. The van der Waals surface area contributed by atoms with E-state index >= 15 is 0 Å². The Labute approximate surface area is 215 Å². The van der Waals surface area contributed by atoms with Gasteiger partial charge in [0.05, 0.1) is 13.2 Å². The third-order valence-corrected chi connectivity index (χ3v) is 7.02. The summed E-state index contributed by atoms with van der Waals surface area (Å²) in [5.41, 5.74) is 1.61. The second kappa shape index (κ2) is 17.6. The van der Waals surface area contributed by atoms with Crippen LogP contribution in [0.3, 0.4) is 0 Å². The van der Waals surface area contributed by atoms with Gasteiger partial charge in [0.1, 0.15) is 16.3 Å². The normalized spacial score (nSPS) is 11.9. The number of ketones is 1. The molecule has 1 atom stereocenters. The van der Waals surface area contributed by atoms with E-state index in [0.29, 0.717) is 5.56 Å². The van der Waals surface area contributed by atoms with E-state index in [4.69, 9.17) is 9.47 Å². The Morgan fingerprint density at radius 2 is 1.06 bits per heavy atom. The number of alkyl halides is 1. The summed E-state index contributed by atoms with van der Waals surface area (Å²) in [5.74, 6) is 1.72. The molecule has 0 bridgehead atoms. The highest BCUT2D eigenvalue weighted by Gasteiger charge is 2.19. The highest BCUT2D eigenvalue weighted by atomic mass is 79.9. The van der Waals surface area contributed by atoms with Gasteiger partial charge in [-0.25, -0.2) is 0 Å².